The van der Waals surface area contributed by atoms with Gasteiger partial charge in [-0.1, -0.05) is 12.8 Å². The number of hydrogen-bond donors (Lipinski definition) is 1. The van der Waals surface area contributed by atoms with Gasteiger partial charge in [-0.3, -0.25) is 5.01 Å². The van der Waals surface area contributed by atoms with Crippen molar-refractivity contribution < 1.29 is 9.90 Å². The summed E-state index contributed by atoms with van der Waals surface area (Å²) in [5, 5.41) is 26.7. The normalized spacial score (nSPS) is 28.5. The van der Waals surface area contributed by atoms with Gasteiger partial charge in [0.25, 0.3) is 0 Å². The molecular weight excluding hydrogens is 450 g/mol. The average Bonchev–Trinajstić information content (AvgIpc) is 3.63. The first-order valence-electron chi connectivity index (χ1n) is 14.0. The van der Waals surface area contributed by atoms with Gasteiger partial charge >= 0.3 is 6.03 Å². The predicted molar refractivity (Wildman–Crippen MR) is 140 cm³/mol. The molecule has 7 heteroatoms. The molecule has 6 rings (SSSR count). The van der Waals surface area contributed by atoms with Crippen LogP contribution in [0.4, 0.5) is 10.5 Å². The molecule has 2 aliphatic carbocycles. The maximum Gasteiger partial charge on any atom is 0.320 e. The molecule has 2 saturated heterocycles. The number of nitrogens with zero attached hydrogens (tertiary/aromatic N) is 5. The molecule has 3 aliphatic heterocycles. The Hall–Kier alpha value is -2.59. The molecule has 1 aromatic carbocycles. The molecule has 7 nitrogen and oxygen atoms in total. The van der Waals surface area contributed by atoms with E-state index in [-0.39, 0.29) is 12.1 Å². The van der Waals surface area contributed by atoms with Crippen molar-refractivity contribution in [3.05, 3.63) is 29.3 Å². The number of aliphatic hydroxyl groups is 1. The lowest BCUT2D eigenvalue weighted by Crippen LogP contribution is -2.62. The van der Waals surface area contributed by atoms with Crippen molar-refractivity contribution >= 4 is 17.4 Å². The number of aliphatic hydroxyl groups excluding tert-OH is 1. The van der Waals surface area contributed by atoms with E-state index in [0.29, 0.717) is 42.8 Å². The minimum Gasteiger partial charge on any atom is -0.391 e. The molecule has 0 radical (unpaired) electrons. The Balaban J connectivity index is 1.11. The molecule has 3 heterocycles. The zero-order chi connectivity index (χ0) is 24.9. The van der Waals surface area contributed by atoms with Crippen molar-refractivity contribution in [1.29, 1.82) is 5.26 Å². The summed E-state index contributed by atoms with van der Waals surface area (Å²) in [5.41, 5.74) is 4.56. The Kier molecular flexibility index (Phi) is 6.19. The highest BCUT2D eigenvalue weighted by Gasteiger charge is 2.49. The first-order valence-corrected chi connectivity index (χ1v) is 14.0. The second-order valence-electron chi connectivity index (χ2n) is 12.2. The zero-order valence-corrected chi connectivity index (χ0v) is 21.5. The Morgan fingerprint density at radius 3 is 2.50 bits per heavy atom. The first-order chi connectivity index (χ1) is 17.4. The number of hydrazone groups is 1. The number of β-amino-alcohol motifs (C(OH)–C–C–N with tert-alkyl or cyclic N) is 1. The van der Waals surface area contributed by atoms with Crippen molar-refractivity contribution in [2.24, 2.45) is 22.4 Å². The van der Waals surface area contributed by atoms with Gasteiger partial charge < -0.3 is 14.9 Å². The number of urea groups is 1. The van der Waals surface area contributed by atoms with Crippen molar-refractivity contribution in [2.75, 3.05) is 31.2 Å². The number of likely N-dealkylation sites (tertiary alicyclic amines) is 2. The number of anilines is 1. The smallest absolute Gasteiger partial charge is 0.320 e. The summed E-state index contributed by atoms with van der Waals surface area (Å²) in [5.74, 6) is 1.25. The number of amides is 2. The van der Waals surface area contributed by atoms with E-state index < -0.39 is 0 Å². The molecule has 192 valence electrons. The number of rotatable bonds is 3. The molecule has 4 fully saturated rings. The predicted octanol–water partition coefficient (Wildman–Crippen LogP) is 4.67. The zero-order valence-electron chi connectivity index (χ0n) is 21.5. The second-order valence-corrected chi connectivity index (χ2v) is 12.2. The van der Waals surface area contributed by atoms with Crippen LogP contribution < -0.4 is 5.01 Å². The van der Waals surface area contributed by atoms with E-state index >= 15 is 0 Å². The summed E-state index contributed by atoms with van der Waals surface area (Å²) >= 11 is 0. The molecule has 0 bridgehead atoms. The second kappa shape index (κ2) is 9.37. The fourth-order valence-corrected chi connectivity index (χ4v) is 7.57. The number of hydrogen-bond acceptors (Lipinski definition) is 5. The molecule has 2 amide bonds. The van der Waals surface area contributed by atoms with E-state index in [1.807, 2.05) is 22.8 Å². The summed E-state index contributed by atoms with van der Waals surface area (Å²) in [4.78, 5) is 16.6. The van der Waals surface area contributed by atoms with E-state index in [9.17, 15) is 15.2 Å². The van der Waals surface area contributed by atoms with Crippen LogP contribution in [0.1, 0.15) is 75.3 Å². The highest BCUT2D eigenvalue weighted by atomic mass is 16.3. The number of benzene rings is 1. The van der Waals surface area contributed by atoms with Crippen molar-refractivity contribution in [3.8, 4) is 6.07 Å². The minimum absolute atomic E-state index is 0.118. The van der Waals surface area contributed by atoms with Crippen molar-refractivity contribution in [2.45, 2.75) is 83.3 Å². The fraction of sp³-hybridized carbons (Fsp3) is 0.690. The van der Waals surface area contributed by atoms with Crippen LogP contribution in [0, 0.1) is 35.5 Å². The SMILES string of the molecule is Cc1cc(N2N=C(C3CCC4(CC3)CN(C(=O)N3CCC(O)C3)C4)CC2C2CCCC2)ccc1C#N. The van der Waals surface area contributed by atoms with Crippen LogP contribution in [0.5, 0.6) is 0 Å². The highest BCUT2D eigenvalue weighted by molar-refractivity contribution is 5.91. The molecule has 1 spiro atoms. The molecule has 2 saturated carbocycles. The molecule has 2 atom stereocenters. The van der Waals surface area contributed by atoms with Gasteiger partial charge in [-0.2, -0.15) is 10.4 Å². The Morgan fingerprint density at radius 1 is 1.11 bits per heavy atom. The first kappa shape index (κ1) is 23.8. The lowest BCUT2D eigenvalue weighted by atomic mass is 9.65. The van der Waals surface area contributed by atoms with Crippen molar-refractivity contribution in [3.63, 3.8) is 0 Å². The summed E-state index contributed by atoms with van der Waals surface area (Å²) in [7, 11) is 0. The quantitative estimate of drug-likeness (QED) is 0.669. The fourth-order valence-electron chi connectivity index (χ4n) is 7.57. The van der Waals surface area contributed by atoms with Gasteiger partial charge in [0, 0.05) is 43.7 Å². The van der Waals surface area contributed by atoms with E-state index in [1.54, 1.807) is 0 Å². The third-order valence-corrected chi connectivity index (χ3v) is 9.78. The van der Waals surface area contributed by atoms with Crippen LogP contribution in [0.15, 0.2) is 23.3 Å². The number of carbonyl (C=O) groups is 1. The van der Waals surface area contributed by atoms with Gasteiger partial charge in [0.05, 0.1) is 29.5 Å². The number of aryl methyl sites for hydroxylation is 1. The summed E-state index contributed by atoms with van der Waals surface area (Å²) in [6.07, 6.45) is 11.4. The Bertz CT molecular complexity index is 1070. The Labute approximate surface area is 214 Å². The summed E-state index contributed by atoms with van der Waals surface area (Å²) < 4.78 is 0. The minimum atomic E-state index is -0.354. The lowest BCUT2D eigenvalue weighted by Gasteiger charge is -2.54. The monoisotopic (exact) mass is 489 g/mol. The van der Waals surface area contributed by atoms with Crippen LogP contribution in [-0.2, 0) is 0 Å². The summed E-state index contributed by atoms with van der Waals surface area (Å²) in [6, 6.07) is 9.02. The van der Waals surface area contributed by atoms with Gasteiger partial charge in [-0.25, -0.2) is 4.79 Å². The van der Waals surface area contributed by atoms with Crippen LogP contribution >= 0.6 is 0 Å². The molecule has 1 N–H and O–H groups in total. The van der Waals surface area contributed by atoms with Crippen LogP contribution in [-0.4, -0.2) is 65.0 Å². The van der Waals surface area contributed by atoms with Crippen molar-refractivity contribution in [1.82, 2.24) is 9.80 Å². The maximum absolute atomic E-state index is 12.8. The maximum atomic E-state index is 12.8. The average molecular weight is 490 g/mol. The third-order valence-electron chi connectivity index (χ3n) is 9.78. The molecular formula is C29H39N5O2. The van der Waals surface area contributed by atoms with E-state index in [2.05, 4.69) is 23.2 Å². The van der Waals surface area contributed by atoms with Crippen LogP contribution in [0.2, 0.25) is 0 Å². The lowest BCUT2D eigenvalue weighted by molar-refractivity contribution is -0.0140. The molecule has 5 aliphatic rings. The molecule has 1 aromatic rings. The summed E-state index contributed by atoms with van der Waals surface area (Å²) in [6.45, 7) is 4.94. The Morgan fingerprint density at radius 2 is 1.86 bits per heavy atom. The molecule has 2 unspecified atom stereocenters. The van der Waals surface area contributed by atoms with E-state index in [0.717, 1.165) is 36.3 Å². The highest BCUT2D eigenvalue weighted by Crippen LogP contribution is 2.48. The number of carbonyl (C=O) groups excluding carboxylic acids is 1. The van der Waals surface area contributed by atoms with Gasteiger partial charge in [-0.05, 0) is 87.5 Å². The van der Waals surface area contributed by atoms with Gasteiger partial charge in [0.1, 0.15) is 0 Å². The van der Waals surface area contributed by atoms with Crippen LogP contribution in [0.25, 0.3) is 0 Å². The van der Waals surface area contributed by atoms with E-state index in [1.165, 1.54) is 57.1 Å². The third kappa shape index (κ3) is 4.28. The molecule has 36 heavy (non-hydrogen) atoms. The van der Waals surface area contributed by atoms with Crippen LogP contribution in [0.3, 0.4) is 0 Å². The van der Waals surface area contributed by atoms with E-state index in [4.69, 9.17) is 5.10 Å². The van der Waals surface area contributed by atoms with Gasteiger partial charge in [-0.15, -0.1) is 0 Å². The largest absolute Gasteiger partial charge is 0.391 e. The van der Waals surface area contributed by atoms with Gasteiger partial charge in [0.15, 0.2) is 0 Å². The van der Waals surface area contributed by atoms with Gasteiger partial charge in [0.2, 0.25) is 0 Å². The molecule has 0 aromatic heterocycles. The standard InChI is InChI=1S/C29H39N5O2/c1-20-14-24(7-6-23(20)16-30)34-27(22-4-2-3-5-22)15-26(31-34)21-8-11-29(12-9-21)18-33(19-29)28(36)32-13-10-25(35)17-32/h6-7,14,21-22,25,27,35H,2-5,8-13,15,17-19H2,1H3. The number of nitriles is 1. The topological polar surface area (TPSA) is 83.2 Å².